The van der Waals surface area contributed by atoms with Gasteiger partial charge >= 0.3 is 0 Å². The summed E-state index contributed by atoms with van der Waals surface area (Å²) in [6.07, 6.45) is 3.29. The van der Waals surface area contributed by atoms with Crippen LogP contribution in [0.15, 0.2) is 24.7 Å². The van der Waals surface area contributed by atoms with Crippen LogP contribution in [0.2, 0.25) is 0 Å². The van der Waals surface area contributed by atoms with Crippen LogP contribution in [0, 0.1) is 0 Å². The maximum absolute atomic E-state index is 5.69. The summed E-state index contributed by atoms with van der Waals surface area (Å²) in [6, 6.07) is 4.16. The topological polar surface area (TPSA) is 64.9 Å². The van der Waals surface area contributed by atoms with Crippen molar-refractivity contribution in [2.75, 3.05) is 6.54 Å². The Labute approximate surface area is 119 Å². The van der Waals surface area contributed by atoms with Gasteiger partial charge in [-0.2, -0.15) is 5.10 Å². The van der Waals surface area contributed by atoms with E-state index in [4.69, 9.17) is 4.74 Å². The van der Waals surface area contributed by atoms with Crippen molar-refractivity contribution >= 4 is 0 Å². The molecule has 0 saturated heterocycles. The fourth-order valence-corrected chi connectivity index (χ4v) is 1.81. The molecule has 0 aromatic carbocycles. The van der Waals surface area contributed by atoms with Gasteiger partial charge in [0.15, 0.2) is 5.82 Å². The number of hydrogen-bond acceptors (Lipinski definition) is 5. The first-order valence-electron chi connectivity index (χ1n) is 6.87. The Morgan fingerprint density at radius 1 is 1.30 bits per heavy atom. The Morgan fingerprint density at radius 2 is 2.15 bits per heavy atom. The van der Waals surface area contributed by atoms with Gasteiger partial charge in [0.25, 0.3) is 0 Å². The van der Waals surface area contributed by atoms with E-state index in [9.17, 15) is 0 Å². The lowest BCUT2D eigenvalue weighted by molar-refractivity contribution is 0.281. The first-order chi connectivity index (χ1) is 9.70. The zero-order valence-electron chi connectivity index (χ0n) is 12.2. The van der Waals surface area contributed by atoms with Crippen molar-refractivity contribution in [2.45, 2.75) is 40.0 Å². The van der Waals surface area contributed by atoms with E-state index in [2.05, 4.69) is 41.2 Å². The molecule has 2 aromatic rings. The van der Waals surface area contributed by atoms with Gasteiger partial charge < -0.3 is 10.1 Å². The van der Waals surface area contributed by atoms with E-state index < -0.39 is 0 Å². The summed E-state index contributed by atoms with van der Waals surface area (Å²) < 4.78 is 7.55. The van der Waals surface area contributed by atoms with Gasteiger partial charge in [0.2, 0.25) is 0 Å². The second-order valence-corrected chi connectivity index (χ2v) is 4.77. The molecule has 0 aliphatic heterocycles. The van der Waals surface area contributed by atoms with Crippen LogP contribution in [0.1, 0.15) is 38.3 Å². The van der Waals surface area contributed by atoms with Gasteiger partial charge in [0.1, 0.15) is 18.7 Å². The minimum Gasteiger partial charge on any atom is -0.484 e. The van der Waals surface area contributed by atoms with Gasteiger partial charge in [-0.15, -0.1) is 0 Å². The van der Waals surface area contributed by atoms with Crippen LogP contribution in [0.3, 0.4) is 0 Å². The average Bonchev–Trinajstić information content (AvgIpc) is 2.92. The fraction of sp³-hybridized carbons (Fsp3) is 0.500. The summed E-state index contributed by atoms with van der Waals surface area (Å²) in [4.78, 5) is 8.55. The van der Waals surface area contributed by atoms with E-state index in [1.165, 1.54) is 0 Å². The molecule has 0 saturated carbocycles. The Morgan fingerprint density at radius 3 is 2.80 bits per heavy atom. The number of ether oxygens (including phenoxy) is 1. The molecular formula is C14H21N5O. The third kappa shape index (κ3) is 3.77. The average molecular weight is 275 g/mol. The first kappa shape index (κ1) is 14.5. The quantitative estimate of drug-likeness (QED) is 0.836. The molecule has 0 aliphatic rings. The van der Waals surface area contributed by atoms with Gasteiger partial charge in [0, 0.05) is 12.6 Å². The number of nitrogens with one attached hydrogen (secondary N) is 1. The molecule has 0 unspecified atom stereocenters. The highest BCUT2D eigenvalue weighted by Gasteiger charge is 2.08. The Kier molecular flexibility index (Phi) is 5.06. The number of aromatic nitrogens is 4. The molecule has 2 heterocycles. The Hall–Kier alpha value is -1.95. The van der Waals surface area contributed by atoms with Gasteiger partial charge in [-0.3, -0.25) is 4.98 Å². The molecule has 0 spiro atoms. The van der Waals surface area contributed by atoms with Crippen LogP contribution < -0.4 is 10.1 Å². The van der Waals surface area contributed by atoms with Crippen molar-refractivity contribution < 1.29 is 4.74 Å². The minimum atomic E-state index is 0.275. The van der Waals surface area contributed by atoms with Crippen molar-refractivity contribution in [3.8, 4) is 5.75 Å². The summed E-state index contributed by atoms with van der Waals surface area (Å²) >= 11 is 0. The van der Waals surface area contributed by atoms with Crippen LogP contribution in [0.25, 0.3) is 0 Å². The van der Waals surface area contributed by atoms with Gasteiger partial charge in [-0.05, 0) is 32.5 Å². The smallest absolute Gasteiger partial charge is 0.165 e. The summed E-state index contributed by atoms with van der Waals surface area (Å²) in [7, 11) is 0. The highest BCUT2D eigenvalue weighted by molar-refractivity contribution is 5.19. The maximum atomic E-state index is 5.69. The summed E-state index contributed by atoms with van der Waals surface area (Å²) in [5.74, 6) is 1.56. The van der Waals surface area contributed by atoms with Crippen LogP contribution in [-0.2, 0) is 13.2 Å². The van der Waals surface area contributed by atoms with Gasteiger partial charge in [-0.25, -0.2) is 9.67 Å². The van der Waals surface area contributed by atoms with Crippen molar-refractivity contribution in [1.29, 1.82) is 0 Å². The third-order valence-electron chi connectivity index (χ3n) is 2.86. The minimum absolute atomic E-state index is 0.275. The highest BCUT2D eigenvalue weighted by Crippen LogP contribution is 2.12. The van der Waals surface area contributed by atoms with E-state index in [1.807, 2.05) is 16.8 Å². The predicted octanol–water partition coefficient (Wildman–Crippen LogP) is 1.94. The van der Waals surface area contributed by atoms with Crippen LogP contribution in [0.5, 0.6) is 5.75 Å². The molecule has 108 valence electrons. The second-order valence-electron chi connectivity index (χ2n) is 4.77. The molecule has 0 radical (unpaired) electrons. The van der Waals surface area contributed by atoms with E-state index in [0.29, 0.717) is 6.61 Å². The first-order valence-corrected chi connectivity index (χ1v) is 6.87. The maximum Gasteiger partial charge on any atom is 0.165 e. The normalized spacial score (nSPS) is 11.0. The molecule has 0 fully saturated rings. The molecule has 6 nitrogen and oxygen atoms in total. The molecular weight excluding hydrogens is 254 g/mol. The number of rotatable bonds is 7. The molecule has 0 aliphatic carbocycles. The van der Waals surface area contributed by atoms with Crippen molar-refractivity contribution in [1.82, 2.24) is 25.1 Å². The molecule has 0 bridgehead atoms. The molecule has 2 rings (SSSR count). The van der Waals surface area contributed by atoms with Gasteiger partial charge in [-0.1, -0.05) is 6.92 Å². The summed E-state index contributed by atoms with van der Waals surface area (Å²) in [5.41, 5.74) is 1.00. The number of hydrogen-bond donors (Lipinski definition) is 1. The van der Waals surface area contributed by atoms with Crippen LogP contribution in [-0.4, -0.2) is 26.3 Å². The lowest BCUT2D eigenvalue weighted by atomic mass is 10.3. The predicted molar refractivity (Wildman–Crippen MR) is 76.4 cm³/mol. The molecule has 0 atom stereocenters. The lowest BCUT2D eigenvalue weighted by Gasteiger charge is -2.10. The zero-order valence-corrected chi connectivity index (χ0v) is 12.2. The monoisotopic (exact) mass is 275 g/mol. The fourth-order valence-electron chi connectivity index (χ4n) is 1.81. The second kappa shape index (κ2) is 7.00. The standard InChI is InChI=1S/C14H21N5O/c1-4-15-7-12-5-6-13(8-16-12)20-9-14-17-10-18-19(14)11(2)3/h5-6,8,10-11,15H,4,7,9H2,1-3H3. The van der Waals surface area contributed by atoms with Crippen LogP contribution >= 0.6 is 0 Å². The van der Waals surface area contributed by atoms with Crippen molar-refractivity contribution in [3.05, 3.63) is 36.2 Å². The SMILES string of the molecule is CCNCc1ccc(OCc2ncnn2C(C)C)cn1. The number of nitrogens with zero attached hydrogens (tertiary/aromatic N) is 4. The Balaban J connectivity index is 1.92. The largest absolute Gasteiger partial charge is 0.484 e. The summed E-state index contributed by atoms with van der Waals surface area (Å²) in [6.45, 7) is 8.31. The third-order valence-corrected chi connectivity index (χ3v) is 2.86. The van der Waals surface area contributed by atoms with Crippen LogP contribution in [0.4, 0.5) is 0 Å². The summed E-state index contributed by atoms with van der Waals surface area (Å²) in [5, 5.41) is 7.41. The van der Waals surface area contributed by atoms with Crippen molar-refractivity contribution in [3.63, 3.8) is 0 Å². The van der Waals surface area contributed by atoms with Gasteiger partial charge in [0.05, 0.1) is 11.9 Å². The van der Waals surface area contributed by atoms with E-state index in [1.54, 1.807) is 12.5 Å². The highest BCUT2D eigenvalue weighted by atomic mass is 16.5. The van der Waals surface area contributed by atoms with E-state index >= 15 is 0 Å². The number of pyridine rings is 1. The zero-order chi connectivity index (χ0) is 14.4. The molecule has 6 heteroatoms. The molecule has 0 amide bonds. The molecule has 20 heavy (non-hydrogen) atoms. The lowest BCUT2D eigenvalue weighted by Crippen LogP contribution is -2.13. The molecule has 2 aromatic heterocycles. The van der Waals surface area contributed by atoms with E-state index in [-0.39, 0.29) is 6.04 Å². The van der Waals surface area contributed by atoms with Crippen molar-refractivity contribution in [2.24, 2.45) is 0 Å². The van der Waals surface area contributed by atoms with E-state index in [0.717, 1.165) is 30.4 Å². The molecule has 1 N–H and O–H groups in total. The Bertz CT molecular complexity index is 521.